The number of nitrogens with one attached hydrogen (secondary N) is 1. The van der Waals surface area contributed by atoms with Crippen molar-refractivity contribution in [1.82, 2.24) is 9.78 Å². The lowest BCUT2D eigenvalue weighted by Crippen LogP contribution is -2.46. The molecule has 2 aliphatic heterocycles. The average molecular weight is 515 g/mol. The third-order valence-electron chi connectivity index (χ3n) is 6.86. The Labute approximate surface area is 225 Å². The molecule has 38 heavy (non-hydrogen) atoms. The smallest absolute Gasteiger partial charge is 0.179 e. The van der Waals surface area contributed by atoms with Gasteiger partial charge in [-0.2, -0.15) is 5.10 Å². The van der Waals surface area contributed by atoms with Crippen LogP contribution < -0.4 is 10.2 Å². The Balaban J connectivity index is 1.49. The van der Waals surface area contributed by atoms with Gasteiger partial charge in [0.05, 0.1) is 28.8 Å². The van der Waals surface area contributed by atoms with Gasteiger partial charge in [-0.15, -0.1) is 0 Å². The highest BCUT2D eigenvalue weighted by molar-refractivity contribution is 6.51. The van der Waals surface area contributed by atoms with Crippen LogP contribution in [0.15, 0.2) is 119 Å². The van der Waals surface area contributed by atoms with Gasteiger partial charge in [-0.05, 0) is 61.0 Å². The molecule has 0 fully saturated rings. The van der Waals surface area contributed by atoms with E-state index in [0.717, 1.165) is 51.2 Å². The van der Waals surface area contributed by atoms with E-state index in [2.05, 4.69) is 47.5 Å². The number of aliphatic imine (C=N–C) groups is 2. The number of nitrogens with zero attached hydrogens (tertiary/aromatic N) is 5. The number of hydrogen-bond acceptors (Lipinski definition) is 5. The maximum Gasteiger partial charge on any atom is 0.179 e. The number of anilines is 2. The minimum atomic E-state index is -0.144. The van der Waals surface area contributed by atoms with Crippen molar-refractivity contribution in [3.05, 3.63) is 131 Å². The van der Waals surface area contributed by atoms with Gasteiger partial charge in [0.1, 0.15) is 0 Å². The zero-order valence-electron chi connectivity index (χ0n) is 20.6. The van der Waals surface area contributed by atoms with Gasteiger partial charge in [0.2, 0.25) is 0 Å². The van der Waals surface area contributed by atoms with E-state index in [1.807, 2.05) is 83.5 Å². The molecule has 7 rings (SSSR count). The molecule has 0 saturated heterocycles. The Bertz CT molecular complexity index is 1710. The Morgan fingerprint density at radius 3 is 2.21 bits per heavy atom. The molecule has 0 amide bonds. The summed E-state index contributed by atoms with van der Waals surface area (Å²) in [4.78, 5) is 12.6. The molecule has 0 spiro atoms. The highest BCUT2D eigenvalue weighted by Gasteiger charge is 2.41. The Kier molecular flexibility index (Phi) is 5.34. The van der Waals surface area contributed by atoms with Crippen LogP contribution in [0.5, 0.6) is 0 Å². The number of aromatic nitrogens is 2. The van der Waals surface area contributed by atoms with Crippen LogP contribution in [0.25, 0.3) is 5.69 Å². The first-order valence-corrected chi connectivity index (χ1v) is 12.8. The fraction of sp³-hybridized carbons (Fsp3) is 0.0645. The summed E-state index contributed by atoms with van der Waals surface area (Å²) in [6.07, 6.45) is 0. The molecule has 1 N–H and O–H groups in total. The second-order valence-corrected chi connectivity index (χ2v) is 9.71. The third-order valence-corrected chi connectivity index (χ3v) is 7.11. The van der Waals surface area contributed by atoms with E-state index in [-0.39, 0.29) is 6.04 Å². The molecule has 184 valence electrons. The lowest BCUT2D eigenvalue weighted by molar-refractivity contribution is 0.815. The minimum absolute atomic E-state index is 0.144. The average Bonchev–Trinajstić information content (AvgIpc) is 3.30. The van der Waals surface area contributed by atoms with Crippen molar-refractivity contribution in [2.24, 2.45) is 9.98 Å². The standard InChI is InChI=1S/C31H23ClN6/c1-20-27-28(21-10-4-2-5-11-21)37-26-15-9-8-14-25(26)34-29(33-23-18-16-22(32)17-19-23)31(37)35-30(27)38(36-20)24-12-6-3-7-13-24/h2-19,28H,1H3,(H,33,34). The van der Waals surface area contributed by atoms with Crippen LogP contribution in [0.3, 0.4) is 0 Å². The molecule has 0 radical (unpaired) electrons. The molecule has 0 bridgehead atoms. The van der Waals surface area contributed by atoms with Gasteiger partial charge in [0, 0.05) is 16.3 Å². The first-order valence-electron chi connectivity index (χ1n) is 12.5. The topological polar surface area (TPSA) is 57.8 Å². The zero-order chi connectivity index (χ0) is 25.6. The predicted molar refractivity (Wildman–Crippen MR) is 155 cm³/mol. The Morgan fingerprint density at radius 1 is 0.763 bits per heavy atom. The third kappa shape index (κ3) is 3.69. The summed E-state index contributed by atoms with van der Waals surface area (Å²) in [6.45, 7) is 2.06. The molecule has 3 heterocycles. The molecule has 5 aromatic rings. The Hall–Kier alpha value is -4.68. The molecule has 2 aliphatic rings. The van der Waals surface area contributed by atoms with Gasteiger partial charge >= 0.3 is 0 Å². The van der Waals surface area contributed by atoms with E-state index in [0.29, 0.717) is 10.9 Å². The van der Waals surface area contributed by atoms with Gasteiger partial charge in [-0.3, -0.25) is 0 Å². The molecule has 6 nitrogen and oxygen atoms in total. The molecule has 1 unspecified atom stereocenters. The molecule has 1 aromatic heterocycles. The molecule has 1 atom stereocenters. The second kappa shape index (κ2) is 9.01. The SMILES string of the molecule is Cc1nn(-c2ccccc2)c2c1C(c1ccccc1)N1C(=N2)C(Nc2ccc(Cl)cc2)=Nc2ccccc21. The van der Waals surface area contributed by atoms with Crippen LogP contribution in [0.2, 0.25) is 5.02 Å². The predicted octanol–water partition coefficient (Wildman–Crippen LogP) is 7.63. The molecule has 7 heteroatoms. The fourth-order valence-electron chi connectivity index (χ4n) is 5.17. The number of benzene rings is 4. The maximum absolute atomic E-state index is 6.15. The van der Waals surface area contributed by atoms with Gasteiger partial charge < -0.3 is 10.2 Å². The zero-order valence-corrected chi connectivity index (χ0v) is 21.3. The fourth-order valence-corrected chi connectivity index (χ4v) is 5.29. The monoisotopic (exact) mass is 514 g/mol. The van der Waals surface area contributed by atoms with Crippen LogP contribution in [-0.4, -0.2) is 21.5 Å². The summed E-state index contributed by atoms with van der Waals surface area (Å²) in [5.41, 5.74) is 6.88. The summed E-state index contributed by atoms with van der Waals surface area (Å²) in [6, 6.07) is 36.3. The van der Waals surface area contributed by atoms with Crippen molar-refractivity contribution in [2.45, 2.75) is 13.0 Å². The van der Waals surface area contributed by atoms with Crippen LogP contribution >= 0.6 is 11.6 Å². The van der Waals surface area contributed by atoms with E-state index in [1.54, 1.807) is 0 Å². The highest BCUT2D eigenvalue weighted by atomic mass is 35.5. The van der Waals surface area contributed by atoms with E-state index in [4.69, 9.17) is 26.7 Å². The van der Waals surface area contributed by atoms with Gasteiger partial charge in [-0.1, -0.05) is 72.3 Å². The normalized spacial score (nSPS) is 15.6. The van der Waals surface area contributed by atoms with Crippen molar-refractivity contribution in [3.8, 4) is 5.69 Å². The first kappa shape index (κ1) is 22.5. The van der Waals surface area contributed by atoms with Crippen molar-refractivity contribution < 1.29 is 0 Å². The molecule has 4 aromatic carbocycles. The van der Waals surface area contributed by atoms with Gasteiger partial charge in [-0.25, -0.2) is 14.7 Å². The summed E-state index contributed by atoms with van der Waals surface area (Å²) < 4.78 is 1.94. The first-order chi connectivity index (χ1) is 18.7. The van der Waals surface area contributed by atoms with E-state index < -0.39 is 0 Å². The largest absolute Gasteiger partial charge is 0.337 e. The second-order valence-electron chi connectivity index (χ2n) is 9.27. The van der Waals surface area contributed by atoms with Crippen LogP contribution in [-0.2, 0) is 0 Å². The summed E-state index contributed by atoms with van der Waals surface area (Å²) in [7, 11) is 0. The summed E-state index contributed by atoms with van der Waals surface area (Å²) in [5.74, 6) is 2.20. The number of amidine groups is 2. The lowest BCUT2D eigenvalue weighted by Gasteiger charge is -2.40. The van der Waals surface area contributed by atoms with Crippen molar-refractivity contribution in [1.29, 1.82) is 0 Å². The summed E-state index contributed by atoms with van der Waals surface area (Å²) in [5, 5.41) is 9.16. The number of halogens is 1. The number of para-hydroxylation sites is 3. The van der Waals surface area contributed by atoms with E-state index >= 15 is 0 Å². The van der Waals surface area contributed by atoms with Crippen LogP contribution in [0.1, 0.15) is 22.9 Å². The van der Waals surface area contributed by atoms with Crippen molar-refractivity contribution in [2.75, 3.05) is 10.2 Å². The van der Waals surface area contributed by atoms with Crippen LogP contribution in [0.4, 0.5) is 22.9 Å². The van der Waals surface area contributed by atoms with Crippen LogP contribution in [0, 0.1) is 6.92 Å². The highest BCUT2D eigenvalue weighted by Crippen LogP contribution is 2.48. The minimum Gasteiger partial charge on any atom is -0.337 e. The number of rotatable bonds is 3. The molecule has 0 aliphatic carbocycles. The van der Waals surface area contributed by atoms with Gasteiger partial charge in [0.25, 0.3) is 0 Å². The number of aryl methyl sites for hydroxylation is 1. The number of hydrogen-bond donors (Lipinski definition) is 1. The molecular formula is C31H23ClN6. The van der Waals surface area contributed by atoms with Crippen molar-refractivity contribution in [3.63, 3.8) is 0 Å². The Morgan fingerprint density at radius 2 is 1.45 bits per heavy atom. The van der Waals surface area contributed by atoms with E-state index in [9.17, 15) is 0 Å². The maximum atomic E-state index is 6.15. The molecule has 0 saturated carbocycles. The van der Waals surface area contributed by atoms with Crippen molar-refractivity contribution >= 4 is 46.2 Å². The van der Waals surface area contributed by atoms with Gasteiger partial charge in [0.15, 0.2) is 17.5 Å². The summed E-state index contributed by atoms with van der Waals surface area (Å²) >= 11 is 6.15. The quantitative estimate of drug-likeness (QED) is 0.269. The van der Waals surface area contributed by atoms with E-state index in [1.165, 1.54) is 0 Å². The molecular weight excluding hydrogens is 492 g/mol. The number of fused-ring (bicyclic) bond motifs is 4. The lowest BCUT2D eigenvalue weighted by atomic mass is 9.93.